The molecule has 0 saturated carbocycles. The summed E-state index contributed by atoms with van der Waals surface area (Å²) in [5.41, 5.74) is 0. The maximum absolute atomic E-state index is 12.8. The van der Waals surface area contributed by atoms with Gasteiger partial charge in [-0.3, -0.25) is 0 Å². The number of nitrogens with zero attached hydrogens (tertiary/aromatic N) is 1. The molecular weight excluding hydrogens is 340 g/mol. The summed E-state index contributed by atoms with van der Waals surface area (Å²) in [5, 5.41) is 3.38. The Bertz CT molecular complexity index is 588. The molecule has 3 unspecified atom stereocenters. The van der Waals surface area contributed by atoms with Gasteiger partial charge in [-0.05, 0) is 55.6 Å². The van der Waals surface area contributed by atoms with Crippen LogP contribution in [0, 0.1) is 11.8 Å². The zero-order chi connectivity index (χ0) is 14.3. The van der Waals surface area contributed by atoms with Crippen molar-refractivity contribution in [3.63, 3.8) is 0 Å². The van der Waals surface area contributed by atoms with Gasteiger partial charge in [0.1, 0.15) is 0 Å². The number of hydrogen-bond donors (Lipinski definition) is 1. The van der Waals surface area contributed by atoms with Gasteiger partial charge in [0, 0.05) is 17.1 Å². The van der Waals surface area contributed by atoms with Gasteiger partial charge in [-0.15, -0.1) is 0 Å². The minimum absolute atomic E-state index is 0.128. The van der Waals surface area contributed by atoms with Gasteiger partial charge in [0.15, 0.2) is 0 Å². The highest BCUT2D eigenvalue weighted by Crippen LogP contribution is 2.37. The van der Waals surface area contributed by atoms with Crippen LogP contribution in [0.2, 0.25) is 0 Å². The molecule has 2 saturated heterocycles. The summed E-state index contributed by atoms with van der Waals surface area (Å²) in [5.74, 6) is 0.926. The van der Waals surface area contributed by atoms with Crippen LogP contribution in [0.3, 0.4) is 0 Å². The molecule has 20 heavy (non-hydrogen) atoms. The van der Waals surface area contributed by atoms with Gasteiger partial charge in [0.2, 0.25) is 10.0 Å². The van der Waals surface area contributed by atoms with Crippen molar-refractivity contribution in [1.29, 1.82) is 0 Å². The van der Waals surface area contributed by atoms with Crippen molar-refractivity contribution < 1.29 is 8.42 Å². The first-order chi connectivity index (χ1) is 9.54. The summed E-state index contributed by atoms with van der Waals surface area (Å²) in [7, 11) is -3.37. The molecule has 2 aliphatic heterocycles. The lowest BCUT2D eigenvalue weighted by atomic mass is 9.93. The molecule has 4 nitrogen and oxygen atoms in total. The fraction of sp³-hybridized carbons (Fsp3) is 0.571. The lowest BCUT2D eigenvalue weighted by Crippen LogP contribution is -2.39. The van der Waals surface area contributed by atoms with Crippen molar-refractivity contribution >= 4 is 26.0 Å². The predicted octanol–water partition coefficient (Wildman–Crippen LogP) is 2.07. The smallest absolute Gasteiger partial charge is 0.243 e. The van der Waals surface area contributed by atoms with Crippen LogP contribution < -0.4 is 5.32 Å². The summed E-state index contributed by atoms with van der Waals surface area (Å²) in [6, 6.07) is 7.05. The Morgan fingerprint density at radius 2 is 2.00 bits per heavy atom. The summed E-state index contributed by atoms with van der Waals surface area (Å²) < 4.78 is 28.3. The van der Waals surface area contributed by atoms with Crippen LogP contribution in [0.1, 0.15) is 13.3 Å². The van der Waals surface area contributed by atoms with Gasteiger partial charge < -0.3 is 5.32 Å². The van der Waals surface area contributed by atoms with Crippen LogP contribution >= 0.6 is 15.9 Å². The molecule has 0 aromatic heterocycles. The van der Waals surface area contributed by atoms with E-state index in [1.165, 1.54) is 0 Å². The molecule has 3 atom stereocenters. The molecule has 0 spiro atoms. The molecule has 0 amide bonds. The number of hydrogen-bond acceptors (Lipinski definition) is 3. The van der Waals surface area contributed by atoms with Gasteiger partial charge in [-0.1, -0.05) is 22.9 Å². The van der Waals surface area contributed by atoms with E-state index in [1.54, 1.807) is 28.6 Å². The maximum atomic E-state index is 12.8. The van der Waals surface area contributed by atoms with Crippen molar-refractivity contribution in [1.82, 2.24) is 9.62 Å². The number of benzene rings is 1. The molecule has 0 bridgehead atoms. The summed E-state index contributed by atoms with van der Waals surface area (Å²) in [6.07, 6.45) is 0.874. The minimum Gasteiger partial charge on any atom is -0.316 e. The SMILES string of the molecule is CCC1C2CNCC2CN1S(=O)(=O)c1ccc(Br)cc1. The molecule has 2 aliphatic rings. The average Bonchev–Trinajstić information content (AvgIpc) is 2.99. The third-order valence-corrected chi connectivity index (χ3v) is 6.94. The maximum Gasteiger partial charge on any atom is 0.243 e. The first kappa shape index (κ1) is 14.5. The molecule has 110 valence electrons. The zero-order valence-corrected chi connectivity index (χ0v) is 13.8. The van der Waals surface area contributed by atoms with Gasteiger partial charge in [-0.25, -0.2) is 8.42 Å². The van der Waals surface area contributed by atoms with Gasteiger partial charge in [-0.2, -0.15) is 4.31 Å². The lowest BCUT2D eigenvalue weighted by Gasteiger charge is -2.26. The van der Waals surface area contributed by atoms with Crippen LogP contribution in [0.4, 0.5) is 0 Å². The first-order valence-corrected chi connectivity index (χ1v) is 9.25. The van der Waals surface area contributed by atoms with E-state index in [0.29, 0.717) is 23.3 Å². The van der Waals surface area contributed by atoms with Crippen molar-refractivity contribution in [2.45, 2.75) is 24.3 Å². The standard InChI is InChI=1S/C14H19BrN2O2S/c1-2-14-13-8-16-7-10(13)9-17(14)20(18,19)12-5-3-11(15)4-6-12/h3-6,10,13-14,16H,2,7-9H2,1H3. The fourth-order valence-electron chi connectivity index (χ4n) is 3.51. The average molecular weight is 359 g/mol. The van der Waals surface area contributed by atoms with Gasteiger partial charge in [0.25, 0.3) is 0 Å². The predicted molar refractivity (Wildman–Crippen MR) is 82.0 cm³/mol. The van der Waals surface area contributed by atoms with E-state index < -0.39 is 10.0 Å². The highest BCUT2D eigenvalue weighted by atomic mass is 79.9. The number of sulfonamides is 1. The fourth-order valence-corrected chi connectivity index (χ4v) is 5.57. The number of nitrogens with one attached hydrogen (secondary N) is 1. The van der Waals surface area contributed by atoms with Crippen molar-refractivity contribution in [2.75, 3.05) is 19.6 Å². The first-order valence-electron chi connectivity index (χ1n) is 7.02. The Labute approximate surface area is 128 Å². The Hall–Kier alpha value is -0.430. The molecule has 1 aromatic carbocycles. The normalized spacial score (nSPS) is 30.6. The largest absolute Gasteiger partial charge is 0.316 e. The highest BCUT2D eigenvalue weighted by molar-refractivity contribution is 9.10. The molecule has 0 radical (unpaired) electrons. The second-order valence-corrected chi connectivity index (χ2v) is 8.39. The van der Waals surface area contributed by atoms with E-state index in [0.717, 1.165) is 24.0 Å². The zero-order valence-electron chi connectivity index (χ0n) is 11.4. The van der Waals surface area contributed by atoms with Gasteiger partial charge in [0.05, 0.1) is 4.90 Å². The van der Waals surface area contributed by atoms with Crippen LogP contribution in [-0.4, -0.2) is 38.4 Å². The third-order valence-electron chi connectivity index (χ3n) is 4.51. The summed E-state index contributed by atoms with van der Waals surface area (Å²) in [6.45, 7) is 4.60. The lowest BCUT2D eigenvalue weighted by molar-refractivity contribution is 0.329. The molecule has 1 aromatic rings. The molecule has 3 rings (SSSR count). The van der Waals surface area contributed by atoms with E-state index in [-0.39, 0.29) is 6.04 Å². The van der Waals surface area contributed by atoms with E-state index in [9.17, 15) is 8.42 Å². The van der Waals surface area contributed by atoms with E-state index >= 15 is 0 Å². The number of fused-ring (bicyclic) bond motifs is 1. The molecule has 1 N–H and O–H groups in total. The highest BCUT2D eigenvalue weighted by Gasteiger charge is 2.47. The summed E-state index contributed by atoms with van der Waals surface area (Å²) in [4.78, 5) is 0.395. The molecule has 2 fully saturated rings. The van der Waals surface area contributed by atoms with Crippen LogP contribution in [-0.2, 0) is 10.0 Å². The van der Waals surface area contributed by atoms with Crippen molar-refractivity contribution in [3.8, 4) is 0 Å². The van der Waals surface area contributed by atoms with Crippen LogP contribution in [0.15, 0.2) is 33.6 Å². The molecule has 6 heteroatoms. The Balaban J connectivity index is 1.93. The quantitative estimate of drug-likeness (QED) is 0.899. The number of rotatable bonds is 3. The third kappa shape index (κ3) is 2.32. The topological polar surface area (TPSA) is 49.4 Å². The number of halogens is 1. The minimum atomic E-state index is -3.37. The van der Waals surface area contributed by atoms with Crippen molar-refractivity contribution in [2.24, 2.45) is 11.8 Å². The van der Waals surface area contributed by atoms with Crippen LogP contribution in [0.25, 0.3) is 0 Å². The summed E-state index contributed by atoms with van der Waals surface area (Å²) >= 11 is 3.34. The van der Waals surface area contributed by atoms with E-state index in [2.05, 4.69) is 28.2 Å². The Morgan fingerprint density at radius 1 is 1.30 bits per heavy atom. The monoisotopic (exact) mass is 358 g/mol. The second-order valence-electron chi connectivity index (χ2n) is 5.59. The van der Waals surface area contributed by atoms with E-state index in [4.69, 9.17) is 0 Å². The van der Waals surface area contributed by atoms with E-state index in [1.807, 2.05) is 0 Å². The van der Waals surface area contributed by atoms with Crippen molar-refractivity contribution in [3.05, 3.63) is 28.7 Å². The Morgan fingerprint density at radius 3 is 2.65 bits per heavy atom. The van der Waals surface area contributed by atoms with Crippen LogP contribution in [0.5, 0.6) is 0 Å². The molecular formula is C14H19BrN2O2S. The second kappa shape index (κ2) is 5.40. The molecule has 0 aliphatic carbocycles. The van der Waals surface area contributed by atoms with Gasteiger partial charge >= 0.3 is 0 Å². The molecule has 2 heterocycles. The Kier molecular flexibility index (Phi) is 3.92.